The lowest BCUT2D eigenvalue weighted by Crippen LogP contribution is -2.48. The molecule has 1 aliphatic rings. The van der Waals surface area contributed by atoms with Gasteiger partial charge < -0.3 is 10.6 Å². The highest BCUT2D eigenvalue weighted by atomic mass is 35.5. The summed E-state index contributed by atoms with van der Waals surface area (Å²) in [7, 11) is 0. The summed E-state index contributed by atoms with van der Waals surface area (Å²) in [6.07, 6.45) is 0.278. The number of carbonyl (C=O) groups excluding carboxylic acids is 1. The van der Waals surface area contributed by atoms with Crippen LogP contribution in [0.5, 0.6) is 0 Å². The lowest BCUT2D eigenvalue weighted by Gasteiger charge is -2.35. The van der Waals surface area contributed by atoms with Gasteiger partial charge in [-0.1, -0.05) is 35.3 Å². The number of nitrogens with two attached hydrogens (primary N) is 1. The first kappa shape index (κ1) is 20.8. The summed E-state index contributed by atoms with van der Waals surface area (Å²) in [5.41, 5.74) is 9.16. The first-order chi connectivity index (χ1) is 14.3. The summed E-state index contributed by atoms with van der Waals surface area (Å²) in [6, 6.07) is 5.67. The molecule has 1 amide bonds. The molecular weight excluding hydrogens is 425 g/mol. The molecule has 0 radical (unpaired) electrons. The second-order valence-electron chi connectivity index (χ2n) is 7.49. The number of amides is 1. The van der Waals surface area contributed by atoms with Gasteiger partial charge in [-0.25, -0.2) is 4.98 Å². The highest BCUT2D eigenvalue weighted by molar-refractivity contribution is 6.42. The van der Waals surface area contributed by atoms with Gasteiger partial charge in [0, 0.05) is 49.7 Å². The molecule has 1 saturated heterocycles. The Hall–Kier alpha value is -2.42. The minimum Gasteiger partial charge on any atom is -0.366 e. The van der Waals surface area contributed by atoms with Crippen molar-refractivity contribution in [3.63, 3.8) is 0 Å². The number of anilines is 1. The Morgan fingerprint density at radius 3 is 2.60 bits per heavy atom. The van der Waals surface area contributed by atoms with Gasteiger partial charge in [-0.15, -0.1) is 5.10 Å². The summed E-state index contributed by atoms with van der Waals surface area (Å²) in [4.78, 5) is 25.7. The molecule has 0 saturated carbocycles. The Morgan fingerprint density at radius 2 is 1.87 bits per heavy atom. The summed E-state index contributed by atoms with van der Waals surface area (Å²) in [5, 5.41) is 5.33. The number of hydrogen-bond donors (Lipinski definition) is 1. The number of hydrogen-bond acceptors (Lipinski definition) is 6. The first-order valence-corrected chi connectivity index (χ1v) is 10.5. The second kappa shape index (κ2) is 8.37. The number of halogens is 2. The lowest BCUT2D eigenvalue weighted by molar-refractivity contribution is -0.132. The van der Waals surface area contributed by atoms with Crippen LogP contribution >= 0.6 is 23.2 Å². The number of benzene rings is 1. The third-order valence-electron chi connectivity index (χ3n) is 5.54. The van der Waals surface area contributed by atoms with Crippen LogP contribution in [-0.2, 0) is 17.8 Å². The maximum atomic E-state index is 12.9. The van der Waals surface area contributed by atoms with Crippen molar-refractivity contribution in [2.45, 2.75) is 26.8 Å². The predicted octanol–water partition coefficient (Wildman–Crippen LogP) is 2.52. The van der Waals surface area contributed by atoms with E-state index < -0.39 is 0 Å². The minimum absolute atomic E-state index is 0.0795. The highest BCUT2D eigenvalue weighted by Gasteiger charge is 2.24. The van der Waals surface area contributed by atoms with Crippen LogP contribution in [0.25, 0.3) is 5.78 Å². The van der Waals surface area contributed by atoms with Crippen LogP contribution in [0.4, 0.5) is 5.95 Å². The van der Waals surface area contributed by atoms with Gasteiger partial charge in [0.15, 0.2) is 0 Å². The maximum absolute atomic E-state index is 12.9. The van der Waals surface area contributed by atoms with E-state index in [1.54, 1.807) is 10.6 Å². The molecule has 3 heterocycles. The van der Waals surface area contributed by atoms with Crippen LogP contribution in [0.2, 0.25) is 10.0 Å². The van der Waals surface area contributed by atoms with Gasteiger partial charge in [0.25, 0.3) is 5.78 Å². The van der Waals surface area contributed by atoms with Crippen LogP contribution in [0.3, 0.4) is 0 Å². The third kappa shape index (κ3) is 4.08. The molecule has 2 N–H and O–H groups in total. The average molecular weight is 448 g/mol. The molecule has 1 aliphatic heterocycles. The number of fused-ring (bicyclic) bond motifs is 1. The standard InChI is InChI=1S/C20H23Cl2N7O/c1-12-15(13(2)29-20(24-12)25-19(23)26-29)10-17(30)28-8-6-27(7-9-28)11-14-4-3-5-16(21)18(14)22/h3-5H,6-11H2,1-2H3,(H2,23,26). The first-order valence-electron chi connectivity index (χ1n) is 9.75. The molecule has 10 heteroatoms. The van der Waals surface area contributed by atoms with E-state index >= 15 is 0 Å². The highest BCUT2D eigenvalue weighted by Crippen LogP contribution is 2.27. The predicted molar refractivity (Wildman–Crippen MR) is 117 cm³/mol. The lowest BCUT2D eigenvalue weighted by atomic mass is 10.1. The molecule has 4 rings (SSSR count). The van der Waals surface area contributed by atoms with Crippen molar-refractivity contribution in [2.75, 3.05) is 31.9 Å². The fourth-order valence-electron chi connectivity index (χ4n) is 3.81. The van der Waals surface area contributed by atoms with Crippen molar-refractivity contribution in [1.82, 2.24) is 29.4 Å². The van der Waals surface area contributed by atoms with Crippen molar-refractivity contribution in [3.05, 3.63) is 50.8 Å². The van der Waals surface area contributed by atoms with Gasteiger partial charge in [-0.3, -0.25) is 9.69 Å². The van der Waals surface area contributed by atoms with Crippen LogP contribution in [0.1, 0.15) is 22.5 Å². The fourth-order valence-corrected chi connectivity index (χ4v) is 4.19. The SMILES string of the molecule is Cc1nc2nc(N)nn2c(C)c1CC(=O)N1CCN(Cc2cccc(Cl)c2Cl)CC1. The number of nitrogens with zero attached hydrogens (tertiary/aromatic N) is 6. The zero-order chi connectivity index (χ0) is 21.4. The van der Waals surface area contributed by atoms with Crippen molar-refractivity contribution < 1.29 is 4.79 Å². The monoisotopic (exact) mass is 447 g/mol. The van der Waals surface area contributed by atoms with E-state index in [2.05, 4.69) is 20.0 Å². The molecule has 0 aliphatic carbocycles. The molecule has 2 aromatic heterocycles. The van der Waals surface area contributed by atoms with Crippen LogP contribution in [0.15, 0.2) is 18.2 Å². The van der Waals surface area contributed by atoms with Crippen LogP contribution in [0, 0.1) is 13.8 Å². The molecule has 1 aromatic carbocycles. The molecule has 0 unspecified atom stereocenters. The van der Waals surface area contributed by atoms with E-state index in [-0.39, 0.29) is 18.3 Å². The van der Waals surface area contributed by atoms with Gasteiger partial charge in [0.2, 0.25) is 11.9 Å². The van der Waals surface area contributed by atoms with E-state index in [1.807, 2.05) is 30.9 Å². The van der Waals surface area contributed by atoms with Crippen LogP contribution in [-0.4, -0.2) is 61.5 Å². The maximum Gasteiger partial charge on any atom is 0.254 e. The van der Waals surface area contributed by atoms with E-state index in [0.29, 0.717) is 35.5 Å². The molecule has 3 aromatic rings. The van der Waals surface area contributed by atoms with Gasteiger partial charge >= 0.3 is 0 Å². The molecule has 0 bridgehead atoms. The number of aryl methyl sites for hydroxylation is 2. The quantitative estimate of drug-likeness (QED) is 0.660. The third-order valence-corrected chi connectivity index (χ3v) is 6.40. The van der Waals surface area contributed by atoms with E-state index in [0.717, 1.165) is 35.6 Å². The molecule has 0 spiro atoms. The minimum atomic E-state index is 0.0795. The van der Waals surface area contributed by atoms with Gasteiger partial charge in [0.1, 0.15) is 0 Å². The zero-order valence-corrected chi connectivity index (χ0v) is 18.4. The molecule has 0 atom stereocenters. The number of piperazine rings is 1. The Labute approximate surface area is 184 Å². The van der Waals surface area contributed by atoms with Crippen molar-refractivity contribution in [2.24, 2.45) is 0 Å². The van der Waals surface area contributed by atoms with Crippen LogP contribution < -0.4 is 5.73 Å². The Kier molecular flexibility index (Phi) is 5.81. The van der Waals surface area contributed by atoms with Crippen molar-refractivity contribution in [3.8, 4) is 0 Å². The second-order valence-corrected chi connectivity index (χ2v) is 8.27. The number of aromatic nitrogens is 4. The average Bonchev–Trinajstić information content (AvgIpc) is 3.09. The van der Waals surface area contributed by atoms with Gasteiger partial charge in [-0.2, -0.15) is 9.50 Å². The Bertz CT molecular complexity index is 1110. The van der Waals surface area contributed by atoms with Crippen molar-refractivity contribution in [1.29, 1.82) is 0 Å². The van der Waals surface area contributed by atoms with E-state index in [1.165, 1.54) is 0 Å². The molecule has 8 nitrogen and oxygen atoms in total. The Balaban J connectivity index is 1.40. The largest absolute Gasteiger partial charge is 0.366 e. The number of nitrogen functional groups attached to an aromatic ring is 1. The summed E-state index contributed by atoms with van der Waals surface area (Å²) < 4.78 is 1.59. The van der Waals surface area contributed by atoms with Gasteiger partial charge in [-0.05, 0) is 25.5 Å². The topological polar surface area (TPSA) is 92.6 Å². The Morgan fingerprint density at radius 1 is 1.13 bits per heavy atom. The summed E-state index contributed by atoms with van der Waals surface area (Å²) >= 11 is 12.4. The molecule has 158 valence electrons. The molecule has 1 fully saturated rings. The van der Waals surface area contributed by atoms with Gasteiger partial charge in [0.05, 0.1) is 16.5 Å². The zero-order valence-electron chi connectivity index (χ0n) is 16.9. The summed E-state index contributed by atoms with van der Waals surface area (Å²) in [6.45, 7) is 7.40. The smallest absolute Gasteiger partial charge is 0.254 e. The van der Waals surface area contributed by atoms with Crippen molar-refractivity contribution >= 4 is 40.8 Å². The number of rotatable bonds is 4. The van der Waals surface area contributed by atoms with E-state index in [9.17, 15) is 4.79 Å². The fraction of sp³-hybridized carbons (Fsp3) is 0.400. The molecule has 30 heavy (non-hydrogen) atoms. The summed E-state index contributed by atoms with van der Waals surface area (Å²) in [5.74, 6) is 0.701. The number of carbonyl (C=O) groups is 1. The molecular formula is C20H23Cl2N7O. The normalized spacial score (nSPS) is 15.1. The van der Waals surface area contributed by atoms with E-state index in [4.69, 9.17) is 28.9 Å².